The summed E-state index contributed by atoms with van der Waals surface area (Å²) in [5.41, 5.74) is 0. The summed E-state index contributed by atoms with van der Waals surface area (Å²) < 4.78 is 5.56. The van der Waals surface area contributed by atoms with Crippen molar-refractivity contribution in [3.8, 4) is 0 Å². The largest absolute Gasteiger partial charge is 0.381 e. The topological polar surface area (TPSA) is 74.8 Å². The predicted molar refractivity (Wildman–Crippen MR) is 104 cm³/mol. The van der Waals surface area contributed by atoms with Crippen molar-refractivity contribution in [1.29, 1.82) is 0 Å². The van der Waals surface area contributed by atoms with Crippen LogP contribution < -0.4 is 16.0 Å². The molecule has 0 unspecified atom stereocenters. The molecule has 1 saturated carbocycles. The minimum Gasteiger partial charge on any atom is -0.381 e. The Morgan fingerprint density at radius 3 is 2.52 bits per heavy atom. The van der Waals surface area contributed by atoms with Crippen molar-refractivity contribution in [2.75, 3.05) is 39.4 Å². The van der Waals surface area contributed by atoms with Crippen LogP contribution in [0.15, 0.2) is 4.99 Å². The zero-order valence-corrected chi connectivity index (χ0v) is 16.4. The molecule has 1 amide bonds. The van der Waals surface area contributed by atoms with Gasteiger partial charge in [-0.15, -0.1) is 0 Å². The van der Waals surface area contributed by atoms with Crippen molar-refractivity contribution in [2.24, 2.45) is 16.8 Å². The fraction of sp³-hybridized carbons (Fsp3) is 0.895. The summed E-state index contributed by atoms with van der Waals surface area (Å²) in [6, 6.07) is 0. The van der Waals surface area contributed by atoms with Gasteiger partial charge < -0.3 is 20.7 Å². The molecule has 146 valence electrons. The summed E-state index contributed by atoms with van der Waals surface area (Å²) in [5, 5.41) is 9.54. The molecule has 0 bridgehead atoms. The number of hydrogen-bond acceptors (Lipinski definition) is 3. The monoisotopic (exact) mass is 354 g/mol. The lowest BCUT2D eigenvalue weighted by molar-refractivity contribution is -0.125. The molecule has 1 aliphatic carbocycles. The summed E-state index contributed by atoms with van der Waals surface area (Å²) >= 11 is 0. The van der Waals surface area contributed by atoms with Crippen molar-refractivity contribution in [3.05, 3.63) is 0 Å². The Morgan fingerprint density at radius 1 is 1.12 bits per heavy atom. The van der Waals surface area contributed by atoms with E-state index in [1.807, 2.05) is 6.92 Å². The summed E-state index contributed by atoms with van der Waals surface area (Å²) in [7, 11) is 0. The van der Waals surface area contributed by atoms with Crippen LogP contribution in [0.3, 0.4) is 0 Å². The average Bonchev–Trinajstić information content (AvgIpc) is 2.61. The van der Waals surface area contributed by atoms with Crippen LogP contribution in [0.25, 0.3) is 0 Å². The third kappa shape index (κ3) is 11.0. The molecule has 6 nitrogen and oxygen atoms in total. The molecule has 0 atom stereocenters. The first kappa shape index (κ1) is 21.7. The maximum atomic E-state index is 12.1. The molecule has 0 aromatic heterocycles. The minimum absolute atomic E-state index is 0.214. The van der Waals surface area contributed by atoms with Crippen molar-refractivity contribution in [3.63, 3.8) is 0 Å². The third-order valence-corrected chi connectivity index (χ3v) is 4.20. The minimum atomic E-state index is 0.214. The number of rotatable bonds is 11. The van der Waals surface area contributed by atoms with Crippen molar-refractivity contribution < 1.29 is 9.53 Å². The van der Waals surface area contributed by atoms with E-state index in [2.05, 4.69) is 34.8 Å². The smallest absolute Gasteiger partial charge is 0.223 e. The number of ether oxygens (including phenoxy) is 1. The lowest BCUT2D eigenvalue weighted by atomic mass is 9.89. The normalized spacial score (nSPS) is 16.1. The second kappa shape index (κ2) is 13.9. The number of carbonyl (C=O) groups is 1. The van der Waals surface area contributed by atoms with E-state index < -0.39 is 0 Å². The fourth-order valence-corrected chi connectivity index (χ4v) is 2.89. The average molecular weight is 355 g/mol. The van der Waals surface area contributed by atoms with E-state index in [4.69, 9.17) is 4.74 Å². The molecule has 25 heavy (non-hydrogen) atoms. The number of hydrogen-bond donors (Lipinski definition) is 3. The van der Waals surface area contributed by atoms with E-state index in [1.165, 1.54) is 19.3 Å². The molecule has 0 saturated heterocycles. The van der Waals surface area contributed by atoms with Gasteiger partial charge in [0.2, 0.25) is 5.91 Å². The quantitative estimate of drug-likeness (QED) is 0.302. The zero-order valence-electron chi connectivity index (χ0n) is 16.4. The van der Waals surface area contributed by atoms with Crippen molar-refractivity contribution >= 4 is 11.9 Å². The number of nitrogens with zero attached hydrogens (tertiary/aromatic N) is 1. The first-order valence-corrected chi connectivity index (χ1v) is 10.0. The Morgan fingerprint density at radius 2 is 1.84 bits per heavy atom. The van der Waals surface area contributed by atoms with E-state index >= 15 is 0 Å². The van der Waals surface area contributed by atoms with Crippen LogP contribution in [0, 0.1) is 11.8 Å². The number of aliphatic imine (C=N–C) groups is 1. The van der Waals surface area contributed by atoms with Gasteiger partial charge in [-0.2, -0.15) is 0 Å². The standard InChI is InChI=1S/C19H38N4O2/c1-4-20-19(22-11-8-14-25-15-16(2)3)23-13-12-21-18(24)17-9-6-5-7-10-17/h16-17H,4-15H2,1-3H3,(H,21,24)(H2,20,22,23). The number of nitrogens with one attached hydrogen (secondary N) is 3. The van der Waals surface area contributed by atoms with E-state index in [-0.39, 0.29) is 11.8 Å². The molecule has 1 aliphatic rings. The fourth-order valence-electron chi connectivity index (χ4n) is 2.89. The number of guanidine groups is 1. The van der Waals surface area contributed by atoms with Crippen LogP contribution in [-0.4, -0.2) is 51.3 Å². The van der Waals surface area contributed by atoms with Gasteiger partial charge in [0.15, 0.2) is 5.96 Å². The second-order valence-electron chi connectivity index (χ2n) is 7.14. The molecule has 1 fully saturated rings. The Bertz CT molecular complexity index is 380. The van der Waals surface area contributed by atoms with Crippen LogP contribution in [0.1, 0.15) is 59.3 Å². The molecule has 0 radical (unpaired) electrons. The van der Waals surface area contributed by atoms with Gasteiger partial charge >= 0.3 is 0 Å². The molecule has 3 N–H and O–H groups in total. The van der Waals surface area contributed by atoms with Crippen LogP contribution in [0.4, 0.5) is 0 Å². The highest BCUT2D eigenvalue weighted by molar-refractivity contribution is 5.80. The molecule has 0 aliphatic heterocycles. The molecular weight excluding hydrogens is 316 g/mol. The summed E-state index contributed by atoms with van der Waals surface area (Å²) in [6.45, 7) is 10.8. The summed E-state index contributed by atoms with van der Waals surface area (Å²) in [4.78, 5) is 16.6. The van der Waals surface area contributed by atoms with Gasteiger partial charge in [0.25, 0.3) is 0 Å². The maximum Gasteiger partial charge on any atom is 0.223 e. The van der Waals surface area contributed by atoms with Gasteiger partial charge in [0, 0.05) is 45.3 Å². The van der Waals surface area contributed by atoms with Crippen LogP contribution in [-0.2, 0) is 9.53 Å². The molecular formula is C19H38N4O2. The predicted octanol–water partition coefficient (Wildman–Crippen LogP) is 2.30. The highest BCUT2D eigenvalue weighted by atomic mass is 16.5. The lowest BCUT2D eigenvalue weighted by Gasteiger charge is -2.21. The molecule has 1 rings (SSSR count). The second-order valence-corrected chi connectivity index (χ2v) is 7.14. The summed E-state index contributed by atoms with van der Waals surface area (Å²) in [5.74, 6) is 1.82. The lowest BCUT2D eigenvalue weighted by Crippen LogP contribution is -2.42. The van der Waals surface area contributed by atoms with E-state index in [0.29, 0.717) is 19.0 Å². The first-order valence-electron chi connectivity index (χ1n) is 10.0. The SMILES string of the molecule is CCNC(=NCCCOCC(C)C)NCCNC(=O)C1CCCCC1. The number of amides is 1. The van der Waals surface area contributed by atoms with Gasteiger partial charge in [-0.05, 0) is 32.1 Å². The Labute approximate surface area is 153 Å². The van der Waals surface area contributed by atoms with E-state index in [1.54, 1.807) is 0 Å². The molecule has 6 heteroatoms. The van der Waals surface area contributed by atoms with Crippen LogP contribution in [0.5, 0.6) is 0 Å². The number of carbonyl (C=O) groups excluding carboxylic acids is 1. The van der Waals surface area contributed by atoms with Crippen molar-refractivity contribution in [2.45, 2.75) is 59.3 Å². The van der Waals surface area contributed by atoms with Gasteiger partial charge in [0.1, 0.15) is 0 Å². The Balaban J connectivity index is 2.14. The van der Waals surface area contributed by atoms with Crippen LogP contribution >= 0.6 is 0 Å². The zero-order chi connectivity index (χ0) is 18.3. The highest BCUT2D eigenvalue weighted by Crippen LogP contribution is 2.23. The molecule has 0 aromatic carbocycles. The Hall–Kier alpha value is -1.30. The van der Waals surface area contributed by atoms with Crippen molar-refractivity contribution in [1.82, 2.24) is 16.0 Å². The van der Waals surface area contributed by atoms with Gasteiger partial charge in [-0.25, -0.2) is 0 Å². The van der Waals surface area contributed by atoms with Crippen LogP contribution in [0.2, 0.25) is 0 Å². The van der Waals surface area contributed by atoms with Gasteiger partial charge in [-0.3, -0.25) is 9.79 Å². The third-order valence-electron chi connectivity index (χ3n) is 4.20. The summed E-state index contributed by atoms with van der Waals surface area (Å²) in [6.07, 6.45) is 6.66. The molecule has 0 aromatic rings. The molecule has 0 heterocycles. The first-order chi connectivity index (χ1) is 12.1. The van der Waals surface area contributed by atoms with Gasteiger partial charge in [0.05, 0.1) is 0 Å². The van der Waals surface area contributed by atoms with E-state index in [9.17, 15) is 4.79 Å². The Kier molecular flexibility index (Phi) is 12.1. The van der Waals surface area contributed by atoms with E-state index in [0.717, 1.165) is 51.5 Å². The van der Waals surface area contributed by atoms with Gasteiger partial charge in [-0.1, -0.05) is 33.1 Å². The molecule has 0 spiro atoms. The maximum absolute atomic E-state index is 12.1. The highest BCUT2D eigenvalue weighted by Gasteiger charge is 2.20.